The van der Waals surface area contributed by atoms with Crippen LogP contribution >= 0.6 is 11.3 Å². The molecule has 1 fully saturated rings. The third-order valence-corrected chi connectivity index (χ3v) is 7.52. The number of nitrogens with zero attached hydrogens (tertiary/aromatic N) is 3. The summed E-state index contributed by atoms with van der Waals surface area (Å²) in [5.74, 6) is -0.824. The van der Waals surface area contributed by atoms with Crippen molar-refractivity contribution in [3.63, 3.8) is 0 Å². The summed E-state index contributed by atoms with van der Waals surface area (Å²) in [6, 6.07) is 15.6. The van der Waals surface area contributed by atoms with Gasteiger partial charge >= 0.3 is 12.1 Å². The summed E-state index contributed by atoms with van der Waals surface area (Å²) in [4.78, 5) is 57.6. The van der Waals surface area contributed by atoms with E-state index in [1.165, 1.54) is 16.2 Å². The first-order valence-electron chi connectivity index (χ1n) is 13.9. The number of carbonyl (C=O) groups is 4. The largest absolute Gasteiger partial charge is 0.481 e. The van der Waals surface area contributed by atoms with Crippen molar-refractivity contribution in [2.45, 2.75) is 38.6 Å². The van der Waals surface area contributed by atoms with Gasteiger partial charge < -0.3 is 29.7 Å². The van der Waals surface area contributed by atoms with Gasteiger partial charge in [-0.15, -0.1) is 11.3 Å². The first-order chi connectivity index (χ1) is 20.4. The van der Waals surface area contributed by atoms with Gasteiger partial charge in [0.05, 0.1) is 12.2 Å². The van der Waals surface area contributed by atoms with Crippen LogP contribution in [0.5, 0.6) is 11.5 Å². The minimum Gasteiger partial charge on any atom is -0.481 e. The highest BCUT2D eigenvalue weighted by molar-refractivity contribution is 7.13. The van der Waals surface area contributed by atoms with Crippen molar-refractivity contribution in [2.75, 3.05) is 32.8 Å². The Balaban J connectivity index is 1.41. The molecule has 11 nitrogen and oxygen atoms in total. The average molecular weight is 595 g/mol. The predicted molar refractivity (Wildman–Crippen MR) is 157 cm³/mol. The number of carboxylic acids is 1. The second-order valence-electron chi connectivity index (χ2n) is 9.69. The smallest absolute Gasteiger partial charge is 0.409 e. The molecule has 0 spiro atoms. The van der Waals surface area contributed by atoms with E-state index in [4.69, 9.17) is 9.47 Å². The van der Waals surface area contributed by atoms with Gasteiger partial charge in [-0.25, -0.2) is 9.78 Å². The van der Waals surface area contributed by atoms with E-state index in [9.17, 15) is 24.3 Å². The maximum Gasteiger partial charge on any atom is 0.409 e. The van der Waals surface area contributed by atoms with Crippen molar-refractivity contribution in [1.82, 2.24) is 20.1 Å². The van der Waals surface area contributed by atoms with Crippen LogP contribution in [0.15, 0.2) is 60.0 Å². The summed E-state index contributed by atoms with van der Waals surface area (Å²) in [5.41, 5.74) is 0.812. The van der Waals surface area contributed by atoms with Gasteiger partial charge in [0.1, 0.15) is 28.2 Å². The fraction of sp³-hybridized carbons (Fsp3) is 0.367. The number of hydrogen-bond donors (Lipinski definition) is 2. The van der Waals surface area contributed by atoms with E-state index in [-0.39, 0.29) is 44.7 Å². The first-order valence-corrected chi connectivity index (χ1v) is 14.7. The highest BCUT2D eigenvalue weighted by Gasteiger charge is 2.31. The number of carboxylic acid groups (broad SMARTS) is 1. The van der Waals surface area contributed by atoms with Crippen LogP contribution in [0.25, 0.3) is 10.6 Å². The summed E-state index contributed by atoms with van der Waals surface area (Å²) in [6.45, 7) is 3.43. The lowest BCUT2D eigenvalue weighted by atomic mass is 10.1. The van der Waals surface area contributed by atoms with Gasteiger partial charge in [0.25, 0.3) is 5.91 Å². The molecule has 1 aliphatic heterocycles. The number of benzene rings is 2. The van der Waals surface area contributed by atoms with Crippen LogP contribution in [0.2, 0.25) is 0 Å². The fourth-order valence-corrected chi connectivity index (χ4v) is 5.16. The molecule has 4 rings (SSSR count). The molecule has 3 amide bonds. The van der Waals surface area contributed by atoms with E-state index >= 15 is 0 Å². The summed E-state index contributed by atoms with van der Waals surface area (Å²) in [6.07, 6.45) is 0.902. The minimum atomic E-state index is -1.08. The zero-order valence-corrected chi connectivity index (χ0v) is 24.2. The van der Waals surface area contributed by atoms with Crippen LogP contribution in [-0.4, -0.2) is 82.6 Å². The van der Waals surface area contributed by atoms with E-state index in [2.05, 4.69) is 10.3 Å². The third kappa shape index (κ3) is 8.29. The number of aromatic nitrogens is 1. The lowest BCUT2D eigenvalue weighted by Gasteiger charge is -2.36. The molecule has 2 heterocycles. The highest BCUT2D eigenvalue weighted by Crippen LogP contribution is 2.35. The number of para-hydroxylation sites is 2. The summed E-state index contributed by atoms with van der Waals surface area (Å²) < 4.78 is 11.3. The van der Waals surface area contributed by atoms with Gasteiger partial charge in [-0.05, 0) is 37.1 Å². The van der Waals surface area contributed by atoms with E-state index in [0.29, 0.717) is 28.7 Å². The minimum absolute atomic E-state index is 0.0794. The molecular formula is C30H34N4O7S. The van der Waals surface area contributed by atoms with Gasteiger partial charge in [0.15, 0.2) is 0 Å². The molecule has 3 aromatic rings. The SMILES string of the molecule is CCCCOC(=O)N1CCN(C(=O)C(CCC(=O)O)NC(=O)c2csc(-c3ccccc3Oc3ccccc3)n2)CC1. The number of unbranched alkanes of at least 4 members (excludes halogenated alkanes) is 1. The Hall–Kier alpha value is -4.45. The van der Waals surface area contributed by atoms with Crippen molar-refractivity contribution >= 4 is 35.2 Å². The number of hydrogen-bond acceptors (Lipinski definition) is 8. The lowest BCUT2D eigenvalue weighted by molar-refractivity contribution is -0.138. The Labute approximate surface area is 248 Å². The standard InChI is InChI=1S/C30H34N4O7S/c1-2-3-19-40-30(39)34-17-15-33(16-18-34)29(38)23(13-14-26(35)36)31-27(37)24-20-42-28(32-24)22-11-7-8-12-25(22)41-21-9-5-4-6-10-21/h4-12,20,23H,2-3,13-19H2,1H3,(H,31,37)(H,35,36). The maximum atomic E-state index is 13.4. The Morgan fingerprint density at radius 3 is 2.40 bits per heavy atom. The van der Waals surface area contributed by atoms with Crippen molar-refractivity contribution in [1.29, 1.82) is 0 Å². The molecule has 0 saturated carbocycles. The number of amides is 3. The molecule has 1 aromatic heterocycles. The summed E-state index contributed by atoms with van der Waals surface area (Å²) in [7, 11) is 0. The Bertz CT molecular complexity index is 1370. The van der Waals surface area contributed by atoms with Crippen molar-refractivity contribution in [3.05, 3.63) is 65.7 Å². The molecule has 222 valence electrons. The molecule has 0 aliphatic carbocycles. The lowest BCUT2D eigenvalue weighted by Crippen LogP contribution is -2.56. The second kappa shape index (κ2) is 15.0. The molecular weight excluding hydrogens is 560 g/mol. The van der Waals surface area contributed by atoms with Crippen molar-refractivity contribution in [3.8, 4) is 22.1 Å². The van der Waals surface area contributed by atoms with Crippen LogP contribution in [-0.2, 0) is 14.3 Å². The normalized spacial score (nSPS) is 13.7. The number of rotatable bonds is 12. The second-order valence-corrected chi connectivity index (χ2v) is 10.5. The highest BCUT2D eigenvalue weighted by atomic mass is 32.1. The van der Waals surface area contributed by atoms with Gasteiger partial charge in [0, 0.05) is 38.0 Å². The zero-order chi connectivity index (χ0) is 29.9. The van der Waals surface area contributed by atoms with Crippen LogP contribution in [0.3, 0.4) is 0 Å². The topological polar surface area (TPSA) is 138 Å². The zero-order valence-electron chi connectivity index (χ0n) is 23.4. The van der Waals surface area contributed by atoms with Crippen LogP contribution in [0, 0.1) is 0 Å². The number of piperazine rings is 1. The molecule has 2 N–H and O–H groups in total. The number of ether oxygens (including phenoxy) is 2. The van der Waals surface area contributed by atoms with E-state index < -0.39 is 29.9 Å². The first kappa shape index (κ1) is 30.5. The fourth-order valence-electron chi connectivity index (χ4n) is 4.33. The van der Waals surface area contributed by atoms with Gasteiger partial charge in [0.2, 0.25) is 5.91 Å². The monoisotopic (exact) mass is 594 g/mol. The predicted octanol–water partition coefficient (Wildman–Crippen LogP) is 4.65. The summed E-state index contributed by atoms with van der Waals surface area (Å²) >= 11 is 1.26. The Morgan fingerprint density at radius 1 is 1.00 bits per heavy atom. The number of nitrogens with one attached hydrogen (secondary N) is 1. The molecule has 2 aromatic carbocycles. The Kier molecular flexibility index (Phi) is 10.9. The van der Waals surface area contributed by atoms with E-state index in [1.54, 1.807) is 10.3 Å². The van der Waals surface area contributed by atoms with Crippen LogP contribution in [0.1, 0.15) is 43.1 Å². The quantitative estimate of drug-likeness (QED) is 0.289. The molecule has 1 aliphatic rings. The summed E-state index contributed by atoms with van der Waals surface area (Å²) in [5, 5.41) is 14.1. The van der Waals surface area contributed by atoms with E-state index in [0.717, 1.165) is 12.8 Å². The number of thiazole rings is 1. The van der Waals surface area contributed by atoms with E-state index in [1.807, 2.05) is 61.5 Å². The average Bonchev–Trinajstić information content (AvgIpc) is 3.50. The Morgan fingerprint density at radius 2 is 1.69 bits per heavy atom. The molecule has 42 heavy (non-hydrogen) atoms. The molecule has 1 atom stereocenters. The molecule has 0 radical (unpaired) electrons. The molecule has 1 unspecified atom stereocenters. The molecule has 0 bridgehead atoms. The van der Waals surface area contributed by atoms with Crippen LogP contribution < -0.4 is 10.1 Å². The van der Waals surface area contributed by atoms with Gasteiger partial charge in [-0.3, -0.25) is 14.4 Å². The number of aliphatic carboxylic acids is 1. The number of carbonyl (C=O) groups excluding carboxylic acids is 3. The van der Waals surface area contributed by atoms with Crippen molar-refractivity contribution in [2.24, 2.45) is 0 Å². The molecule has 12 heteroatoms. The third-order valence-electron chi connectivity index (χ3n) is 6.65. The molecule has 1 saturated heterocycles. The maximum absolute atomic E-state index is 13.4. The van der Waals surface area contributed by atoms with Gasteiger partial charge in [-0.2, -0.15) is 0 Å². The van der Waals surface area contributed by atoms with Crippen LogP contribution in [0.4, 0.5) is 4.79 Å². The van der Waals surface area contributed by atoms with Crippen molar-refractivity contribution < 1.29 is 33.8 Å². The van der Waals surface area contributed by atoms with Gasteiger partial charge in [-0.1, -0.05) is 43.7 Å².